The Morgan fingerprint density at radius 3 is 2.58 bits per heavy atom. The number of ether oxygens (including phenoxy) is 2. The lowest BCUT2D eigenvalue weighted by Gasteiger charge is -2.38. The number of aliphatic carboxylic acids is 1. The average molecular weight is 342 g/mol. The van der Waals surface area contributed by atoms with Gasteiger partial charge in [0.1, 0.15) is 24.4 Å². The molecule has 1 aromatic rings. The molecule has 2 rings (SSSR count). The Morgan fingerprint density at radius 2 is 1.96 bits per heavy atom. The van der Waals surface area contributed by atoms with Crippen molar-refractivity contribution in [2.24, 2.45) is 0 Å². The summed E-state index contributed by atoms with van der Waals surface area (Å²) in [5, 5.41) is 48.2. The number of hydrogen-bond acceptors (Lipinski definition) is 7. The van der Waals surface area contributed by atoms with Gasteiger partial charge in [-0.2, -0.15) is 0 Å². The zero-order chi connectivity index (χ0) is 17.9. The molecule has 0 radical (unpaired) electrons. The second kappa shape index (κ2) is 8.02. The Bertz CT molecular complexity index is 563. The van der Waals surface area contributed by atoms with E-state index in [-0.39, 0.29) is 6.61 Å². The molecular weight excluding hydrogens is 320 g/mol. The molecule has 6 atom stereocenters. The first-order valence-electron chi connectivity index (χ1n) is 7.66. The molecule has 1 saturated heterocycles. The molecule has 8 heteroatoms. The second-order valence-corrected chi connectivity index (χ2v) is 5.68. The van der Waals surface area contributed by atoms with E-state index >= 15 is 0 Å². The Kier molecular flexibility index (Phi) is 6.27. The van der Waals surface area contributed by atoms with E-state index in [2.05, 4.69) is 0 Å². The summed E-state index contributed by atoms with van der Waals surface area (Å²) < 4.78 is 10.2. The molecule has 0 aliphatic carbocycles. The maximum Gasteiger partial charge on any atom is 0.335 e. The summed E-state index contributed by atoms with van der Waals surface area (Å²) in [6, 6.07) is 7.24. The van der Waals surface area contributed by atoms with Crippen LogP contribution in [0.2, 0.25) is 0 Å². The van der Waals surface area contributed by atoms with Gasteiger partial charge in [0.05, 0.1) is 6.61 Å². The minimum Gasteiger partial charge on any atom is -0.479 e. The van der Waals surface area contributed by atoms with E-state index in [4.69, 9.17) is 14.6 Å². The average Bonchev–Trinajstić information content (AvgIpc) is 2.58. The Balaban J connectivity index is 2.00. The van der Waals surface area contributed by atoms with E-state index in [0.717, 1.165) is 12.0 Å². The molecule has 1 fully saturated rings. The largest absolute Gasteiger partial charge is 0.479 e. The zero-order valence-corrected chi connectivity index (χ0v) is 13.1. The molecule has 0 amide bonds. The summed E-state index contributed by atoms with van der Waals surface area (Å²) in [5.74, 6) is -1.49. The molecule has 0 bridgehead atoms. The lowest BCUT2D eigenvalue weighted by Crippen LogP contribution is -2.60. The highest BCUT2D eigenvalue weighted by Crippen LogP contribution is 2.24. The molecule has 5 N–H and O–H groups in total. The van der Waals surface area contributed by atoms with Crippen molar-refractivity contribution in [1.29, 1.82) is 0 Å². The van der Waals surface area contributed by atoms with Crippen LogP contribution in [-0.4, -0.2) is 68.8 Å². The molecule has 8 nitrogen and oxygen atoms in total. The molecule has 24 heavy (non-hydrogen) atoms. The summed E-state index contributed by atoms with van der Waals surface area (Å²) >= 11 is 0. The van der Waals surface area contributed by atoms with E-state index in [0.29, 0.717) is 5.56 Å². The van der Waals surface area contributed by atoms with Crippen LogP contribution in [0.15, 0.2) is 24.3 Å². The topological polar surface area (TPSA) is 137 Å². The third-order valence-electron chi connectivity index (χ3n) is 3.98. The Labute approximate surface area is 138 Å². The van der Waals surface area contributed by atoms with Gasteiger partial charge in [-0.05, 0) is 17.5 Å². The van der Waals surface area contributed by atoms with Gasteiger partial charge in [0.25, 0.3) is 0 Å². The monoisotopic (exact) mass is 342 g/mol. The molecule has 0 saturated carbocycles. The maximum absolute atomic E-state index is 11.0. The third kappa shape index (κ3) is 4.10. The predicted octanol–water partition coefficient (Wildman–Crippen LogP) is -0.809. The highest BCUT2D eigenvalue weighted by molar-refractivity contribution is 5.73. The first-order valence-corrected chi connectivity index (χ1v) is 7.66. The SMILES string of the molecule is CCc1cccc([C@@H](O)COC2O[C@@H](C(=O)O)[C@H](O)[C@@H](O)[C@@H]2O)c1. The molecular formula is C16H22O8. The van der Waals surface area contributed by atoms with Crippen LogP contribution in [0.5, 0.6) is 0 Å². The van der Waals surface area contributed by atoms with Crippen LogP contribution < -0.4 is 0 Å². The molecule has 1 aromatic carbocycles. The van der Waals surface area contributed by atoms with E-state index in [9.17, 15) is 25.2 Å². The van der Waals surface area contributed by atoms with Gasteiger partial charge in [-0.3, -0.25) is 0 Å². The third-order valence-corrected chi connectivity index (χ3v) is 3.98. The van der Waals surface area contributed by atoms with Crippen molar-refractivity contribution in [3.05, 3.63) is 35.4 Å². The van der Waals surface area contributed by atoms with Crippen molar-refractivity contribution >= 4 is 5.97 Å². The number of carboxylic acid groups (broad SMARTS) is 1. The summed E-state index contributed by atoms with van der Waals surface area (Å²) in [6.07, 6.45) is -8.56. The van der Waals surface area contributed by atoms with Gasteiger partial charge >= 0.3 is 5.97 Å². The summed E-state index contributed by atoms with van der Waals surface area (Å²) in [4.78, 5) is 11.0. The van der Waals surface area contributed by atoms with Crippen molar-refractivity contribution in [2.45, 2.75) is 50.2 Å². The van der Waals surface area contributed by atoms with Gasteiger partial charge < -0.3 is 35.0 Å². The standard InChI is InChI=1S/C16H22O8/c1-2-8-4-3-5-9(6-8)10(17)7-23-16-13(20)11(18)12(19)14(24-16)15(21)22/h3-6,10-14,16-20H,2,7H2,1H3,(H,21,22)/t10-,11+,12+,13-,14+,16?/m0/s1. The van der Waals surface area contributed by atoms with Crippen molar-refractivity contribution in [3.8, 4) is 0 Å². The smallest absolute Gasteiger partial charge is 0.335 e. The first kappa shape index (κ1) is 18.8. The maximum atomic E-state index is 11.0. The number of carbonyl (C=O) groups is 1. The number of aliphatic hydroxyl groups excluding tert-OH is 4. The quantitative estimate of drug-likeness (QED) is 0.453. The minimum absolute atomic E-state index is 0.274. The number of aliphatic hydroxyl groups is 4. The molecule has 0 aromatic heterocycles. The Hall–Kier alpha value is -1.55. The van der Waals surface area contributed by atoms with E-state index < -0.39 is 42.8 Å². The fourth-order valence-electron chi connectivity index (χ4n) is 2.49. The van der Waals surface area contributed by atoms with Crippen LogP contribution in [0, 0.1) is 0 Å². The predicted molar refractivity (Wildman–Crippen MR) is 81.0 cm³/mol. The normalized spacial score (nSPS) is 31.6. The summed E-state index contributed by atoms with van der Waals surface area (Å²) in [7, 11) is 0. The van der Waals surface area contributed by atoms with Crippen LogP contribution in [-0.2, 0) is 20.7 Å². The van der Waals surface area contributed by atoms with Crippen LogP contribution in [0.4, 0.5) is 0 Å². The highest BCUT2D eigenvalue weighted by Gasteiger charge is 2.47. The van der Waals surface area contributed by atoms with Crippen molar-refractivity contribution in [3.63, 3.8) is 0 Å². The van der Waals surface area contributed by atoms with Gasteiger partial charge in [-0.1, -0.05) is 31.2 Å². The molecule has 1 aliphatic heterocycles. The number of aryl methyl sites for hydroxylation is 1. The summed E-state index contributed by atoms with van der Waals surface area (Å²) in [6.45, 7) is 1.71. The van der Waals surface area contributed by atoms with Gasteiger partial charge in [0.15, 0.2) is 12.4 Å². The minimum atomic E-state index is -1.77. The fraction of sp³-hybridized carbons (Fsp3) is 0.562. The second-order valence-electron chi connectivity index (χ2n) is 5.68. The number of carboxylic acids is 1. The molecule has 1 aliphatic rings. The van der Waals surface area contributed by atoms with E-state index in [1.54, 1.807) is 12.1 Å². The number of hydrogen-bond donors (Lipinski definition) is 5. The van der Waals surface area contributed by atoms with Crippen LogP contribution in [0.3, 0.4) is 0 Å². The highest BCUT2D eigenvalue weighted by atomic mass is 16.7. The van der Waals surface area contributed by atoms with Gasteiger partial charge in [0, 0.05) is 0 Å². The molecule has 1 unspecified atom stereocenters. The molecule has 1 heterocycles. The van der Waals surface area contributed by atoms with E-state index in [1.807, 2.05) is 19.1 Å². The van der Waals surface area contributed by atoms with Crippen LogP contribution in [0.25, 0.3) is 0 Å². The van der Waals surface area contributed by atoms with Crippen LogP contribution in [0.1, 0.15) is 24.2 Å². The van der Waals surface area contributed by atoms with Crippen molar-refractivity contribution in [2.75, 3.05) is 6.61 Å². The summed E-state index contributed by atoms with van der Waals surface area (Å²) in [5.41, 5.74) is 1.64. The van der Waals surface area contributed by atoms with Crippen molar-refractivity contribution in [1.82, 2.24) is 0 Å². The lowest BCUT2D eigenvalue weighted by molar-refractivity contribution is -0.297. The first-order chi connectivity index (χ1) is 11.3. The van der Waals surface area contributed by atoms with Gasteiger partial charge in [-0.15, -0.1) is 0 Å². The van der Waals surface area contributed by atoms with Crippen LogP contribution >= 0.6 is 0 Å². The zero-order valence-electron chi connectivity index (χ0n) is 13.1. The molecule has 134 valence electrons. The lowest BCUT2D eigenvalue weighted by atomic mass is 9.99. The number of rotatable bonds is 6. The fourth-order valence-corrected chi connectivity index (χ4v) is 2.49. The van der Waals surface area contributed by atoms with E-state index in [1.165, 1.54) is 0 Å². The van der Waals surface area contributed by atoms with Gasteiger partial charge in [0.2, 0.25) is 0 Å². The molecule has 0 spiro atoms. The van der Waals surface area contributed by atoms with Crippen molar-refractivity contribution < 1.29 is 39.8 Å². The van der Waals surface area contributed by atoms with Gasteiger partial charge in [-0.25, -0.2) is 4.79 Å². The Morgan fingerprint density at radius 1 is 1.25 bits per heavy atom. The number of benzene rings is 1.